The van der Waals surface area contributed by atoms with Gasteiger partial charge in [0.2, 0.25) is 11.8 Å². The highest BCUT2D eigenvalue weighted by molar-refractivity contribution is 5.87. The summed E-state index contributed by atoms with van der Waals surface area (Å²) in [5.41, 5.74) is 6.04. The van der Waals surface area contributed by atoms with E-state index in [1.807, 2.05) is 0 Å². The van der Waals surface area contributed by atoms with Crippen molar-refractivity contribution in [1.82, 2.24) is 10.6 Å². The molecule has 0 unspecified atom stereocenters. The van der Waals surface area contributed by atoms with E-state index in [4.69, 9.17) is 10.5 Å². The molecule has 0 bridgehead atoms. The first-order valence-corrected chi connectivity index (χ1v) is 7.67. The van der Waals surface area contributed by atoms with Gasteiger partial charge in [-0.1, -0.05) is 32.0 Å². The monoisotopic (exact) mass is 397 g/mol. The lowest BCUT2D eigenvalue weighted by molar-refractivity contribution is -0.153. The van der Waals surface area contributed by atoms with Crippen LogP contribution in [0.5, 0.6) is 5.75 Å². The summed E-state index contributed by atoms with van der Waals surface area (Å²) in [6, 6.07) is 5.36. The Morgan fingerprint density at radius 2 is 1.81 bits per heavy atom. The molecule has 0 saturated carbocycles. The van der Waals surface area contributed by atoms with Crippen molar-refractivity contribution in [2.24, 2.45) is 11.7 Å². The summed E-state index contributed by atoms with van der Waals surface area (Å²) in [6.07, 6.45) is -4.45. The predicted octanol–water partition coefficient (Wildman–Crippen LogP) is 1.77. The van der Waals surface area contributed by atoms with Gasteiger partial charge < -0.3 is 21.1 Å². The maximum Gasteiger partial charge on any atom is 0.422 e. The van der Waals surface area contributed by atoms with Crippen LogP contribution < -0.4 is 21.1 Å². The third-order valence-corrected chi connectivity index (χ3v) is 3.28. The SMILES string of the molecule is CC(C)[C@H](N)C(=O)NCC(=O)NCc1ccccc1OCC(F)(F)F.Cl. The van der Waals surface area contributed by atoms with Crippen LogP contribution in [0.1, 0.15) is 19.4 Å². The second-order valence-electron chi connectivity index (χ2n) is 5.78. The molecule has 10 heteroatoms. The van der Waals surface area contributed by atoms with Crippen LogP contribution in [0.15, 0.2) is 24.3 Å². The van der Waals surface area contributed by atoms with Gasteiger partial charge in [-0.3, -0.25) is 9.59 Å². The number of carbonyl (C=O) groups excluding carboxylic acids is 2. The normalized spacial score (nSPS) is 12.1. The molecule has 26 heavy (non-hydrogen) atoms. The maximum absolute atomic E-state index is 12.2. The van der Waals surface area contributed by atoms with Crippen LogP contribution in [-0.4, -0.2) is 37.2 Å². The average molecular weight is 398 g/mol. The largest absolute Gasteiger partial charge is 0.484 e. The van der Waals surface area contributed by atoms with Crippen LogP contribution in [0.2, 0.25) is 0 Å². The topological polar surface area (TPSA) is 93.5 Å². The fourth-order valence-electron chi connectivity index (χ4n) is 1.79. The van der Waals surface area contributed by atoms with Crippen molar-refractivity contribution in [3.63, 3.8) is 0 Å². The molecule has 1 rings (SSSR count). The zero-order valence-corrected chi connectivity index (χ0v) is 15.2. The summed E-state index contributed by atoms with van der Waals surface area (Å²) >= 11 is 0. The van der Waals surface area contributed by atoms with E-state index < -0.39 is 30.6 Å². The number of ether oxygens (including phenoxy) is 1. The molecule has 1 atom stereocenters. The third kappa shape index (κ3) is 8.91. The Bertz CT molecular complexity index is 598. The van der Waals surface area contributed by atoms with Crippen molar-refractivity contribution < 1.29 is 27.5 Å². The van der Waals surface area contributed by atoms with Crippen LogP contribution in [-0.2, 0) is 16.1 Å². The number of rotatable bonds is 8. The summed E-state index contributed by atoms with van der Waals surface area (Å²) in [4.78, 5) is 23.4. The first kappa shape index (κ1) is 24.0. The number of alkyl halides is 3. The highest BCUT2D eigenvalue weighted by atomic mass is 35.5. The molecular weight excluding hydrogens is 375 g/mol. The molecule has 0 saturated heterocycles. The number of carbonyl (C=O) groups is 2. The van der Waals surface area contributed by atoms with Crippen molar-refractivity contribution in [3.8, 4) is 5.75 Å². The van der Waals surface area contributed by atoms with Crippen LogP contribution in [0.3, 0.4) is 0 Å². The molecule has 0 aliphatic carbocycles. The molecule has 0 fully saturated rings. The lowest BCUT2D eigenvalue weighted by atomic mass is 10.1. The van der Waals surface area contributed by atoms with Crippen molar-refractivity contribution >= 4 is 24.2 Å². The molecule has 1 aromatic rings. The Morgan fingerprint density at radius 1 is 1.19 bits per heavy atom. The van der Waals surface area contributed by atoms with Crippen molar-refractivity contribution in [1.29, 1.82) is 0 Å². The van der Waals surface area contributed by atoms with Crippen LogP contribution in [0.25, 0.3) is 0 Å². The lowest BCUT2D eigenvalue weighted by Gasteiger charge is -2.16. The molecule has 148 valence electrons. The maximum atomic E-state index is 12.2. The number of nitrogens with one attached hydrogen (secondary N) is 2. The van der Waals surface area contributed by atoms with Crippen molar-refractivity contribution in [2.75, 3.05) is 13.2 Å². The highest BCUT2D eigenvalue weighted by Gasteiger charge is 2.28. The summed E-state index contributed by atoms with van der Waals surface area (Å²) < 4.78 is 41.4. The van der Waals surface area contributed by atoms with Gasteiger partial charge in [0.25, 0.3) is 0 Å². The molecule has 6 nitrogen and oxygen atoms in total. The van der Waals surface area contributed by atoms with Gasteiger partial charge in [-0.25, -0.2) is 0 Å². The average Bonchev–Trinajstić information content (AvgIpc) is 2.55. The third-order valence-electron chi connectivity index (χ3n) is 3.28. The molecule has 0 spiro atoms. The number of halogens is 4. The quantitative estimate of drug-likeness (QED) is 0.623. The minimum Gasteiger partial charge on any atom is -0.484 e. The first-order valence-electron chi connectivity index (χ1n) is 7.67. The van der Waals surface area contributed by atoms with Crippen molar-refractivity contribution in [3.05, 3.63) is 29.8 Å². The van der Waals surface area contributed by atoms with Crippen LogP contribution in [0.4, 0.5) is 13.2 Å². The Hall–Kier alpha value is -2.00. The fraction of sp³-hybridized carbons (Fsp3) is 0.500. The number of hydrogen-bond acceptors (Lipinski definition) is 4. The molecule has 0 aliphatic rings. The van der Waals surface area contributed by atoms with Gasteiger partial charge in [0.15, 0.2) is 6.61 Å². The van der Waals surface area contributed by atoms with Gasteiger partial charge in [-0.15, -0.1) is 12.4 Å². The van der Waals surface area contributed by atoms with Gasteiger partial charge >= 0.3 is 6.18 Å². The van der Waals surface area contributed by atoms with Crippen molar-refractivity contribution in [2.45, 2.75) is 32.6 Å². The van der Waals surface area contributed by atoms with E-state index in [9.17, 15) is 22.8 Å². The smallest absolute Gasteiger partial charge is 0.422 e. The van der Waals surface area contributed by atoms with Crippen LogP contribution >= 0.6 is 12.4 Å². The summed E-state index contributed by atoms with van der Waals surface area (Å²) in [6.45, 7) is 1.84. The molecule has 0 heterocycles. The molecule has 1 aromatic carbocycles. The Kier molecular flexibility index (Phi) is 10.0. The number of nitrogens with two attached hydrogens (primary N) is 1. The van der Waals surface area contributed by atoms with E-state index in [1.165, 1.54) is 12.1 Å². The van der Waals surface area contributed by atoms with Gasteiger partial charge in [0.05, 0.1) is 12.6 Å². The van der Waals surface area contributed by atoms with E-state index in [-0.39, 0.29) is 37.2 Å². The van der Waals surface area contributed by atoms with E-state index >= 15 is 0 Å². The van der Waals surface area contributed by atoms with Gasteiger partial charge in [-0.2, -0.15) is 13.2 Å². The minimum atomic E-state index is -4.45. The highest BCUT2D eigenvalue weighted by Crippen LogP contribution is 2.21. The van der Waals surface area contributed by atoms with E-state index in [2.05, 4.69) is 10.6 Å². The fourth-order valence-corrected chi connectivity index (χ4v) is 1.79. The number of para-hydroxylation sites is 1. The number of benzene rings is 1. The predicted molar refractivity (Wildman–Crippen MR) is 92.9 cm³/mol. The Labute approximate surface area is 156 Å². The Balaban J connectivity index is 0.00000625. The lowest BCUT2D eigenvalue weighted by Crippen LogP contribution is -2.47. The summed E-state index contributed by atoms with van der Waals surface area (Å²) in [7, 11) is 0. The number of amides is 2. The standard InChI is InChI=1S/C16H22F3N3O3.ClH/c1-10(2)14(20)15(24)22-8-13(23)21-7-11-5-3-4-6-12(11)25-9-16(17,18)19;/h3-6,10,14H,7-9,20H2,1-2H3,(H,21,23)(H,22,24);1H/t14-;/m0./s1. The van der Waals surface area contributed by atoms with Gasteiger partial charge in [-0.05, 0) is 12.0 Å². The van der Waals surface area contributed by atoms with Gasteiger partial charge in [0, 0.05) is 12.1 Å². The van der Waals surface area contributed by atoms with E-state index in [0.717, 1.165) is 0 Å². The molecule has 0 radical (unpaired) electrons. The second-order valence-corrected chi connectivity index (χ2v) is 5.78. The molecule has 0 aliphatic heterocycles. The zero-order chi connectivity index (χ0) is 19.0. The van der Waals surface area contributed by atoms with Gasteiger partial charge in [0.1, 0.15) is 5.75 Å². The second kappa shape index (κ2) is 10.9. The first-order chi connectivity index (χ1) is 11.6. The molecule has 2 amide bonds. The van der Waals surface area contributed by atoms with E-state index in [1.54, 1.807) is 26.0 Å². The van der Waals surface area contributed by atoms with E-state index in [0.29, 0.717) is 5.56 Å². The number of hydrogen-bond donors (Lipinski definition) is 3. The molecule has 4 N–H and O–H groups in total. The van der Waals surface area contributed by atoms with Crippen LogP contribution in [0, 0.1) is 5.92 Å². The molecular formula is C16H23ClF3N3O3. The minimum absolute atomic E-state index is 0. The summed E-state index contributed by atoms with van der Waals surface area (Å²) in [5, 5.41) is 4.91. The molecule has 0 aromatic heterocycles. The zero-order valence-electron chi connectivity index (χ0n) is 14.4. The Morgan fingerprint density at radius 3 is 2.38 bits per heavy atom. The summed E-state index contributed by atoms with van der Waals surface area (Å²) in [5.74, 6) is -0.972.